The SMILES string of the molecule is CC(C)(C)OC(=O)N[C@@H]1CCC[C@H](Nc2cc(Br)ncc2N)C1. The lowest BCUT2D eigenvalue weighted by molar-refractivity contribution is 0.0492. The van der Waals surface area contributed by atoms with E-state index in [1.807, 2.05) is 26.8 Å². The number of pyridine rings is 1. The Bertz CT molecular complexity index is 560. The van der Waals surface area contributed by atoms with Crippen molar-refractivity contribution in [1.29, 1.82) is 0 Å². The Balaban J connectivity index is 1.90. The number of carbonyl (C=O) groups excluding carboxylic acids is 1. The summed E-state index contributed by atoms with van der Waals surface area (Å²) in [4.78, 5) is 16.0. The Morgan fingerprint density at radius 2 is 2.09 bits per heavy atom. The lowest BCUT2D eigenvalue weighted by Gasteiger charge is -2.32. The van der Waals surface area contributed by atoms with Crippen LogP contribution in [-0.2, 0) is 4.74 Å². The average molecular weight is 385 g/mol. The molecule has 1 heterocycles. The van der Waals surface area contributed by atoms with Gasteiger partial charge in [0.15, 0.2) is 0 Å². The number of alkyl carbamates (subject to hydrolysis) is 1. The lowest BCUT2D eigenvalue weighted by Crippen LogP contribution is -2.43. The number of amides is 1. The highest BCUT2D eigenvalue weighted by Gasteiger charge is 2.25. The minimum Gasteiger partial charge on any atom is -0.444 e. The zero-order chi connectivity index (χ0) is 17.0. The van der Waals surface area contributed by atoms with Crippen molar-refractivity contribution in [2.24, 2.45) is 0 Å². The molecule has 0 spiro atoms. The van der Waals surface area contributed by atoms with E-state index in [1.165, 1.54) is 0 Å². The fourth-order valence-corrected chi connectivity index (χ4v) is 3.04. The Morgan fingerprint density at radius 1 is 1.39 bits per heavy atom. The second kappa shape index (κ2) is 7.38. The second-order valence-corrected chi connectivity index (χ2v) is 7.76. The van der Waals surface area contributed by atoms with Crippen LogP contribution in [0.2, 0.25) is 0 Å². The summed E-state index contributed by atoms with van der Waals surface area (Å²) in [5.41, 5.74) is 6.97. The fraction of sp³-hybridized carbons (Fsp3) is 0.625. The van der Waals surface area contributed by atoms with Crippen molar-refractivity contribution in [3.63, 3.8) is 0 Å². The highest BCUT2D eigenvalue weighted by Crippen LogP contribution is 2.27. The number of halogens is 1. The highest BCUT2D eigenvalue weighted by molar-refractivity contribution is 9.10. The van der Waals surface area contributed by atoms with Gasteiger partial charge in [0.1, 0.15) is 10.2 Å². The van der Waals surface area contributed by atoms with E-state index in [0.29, 0.717) is 5.69 Å². The summed E-state index contributed by atoms with van der Waals surface area (Å²) in [6.45, 7) is 5.59. The molecule has 0 aliphatic heterocycles. The molecule has 7 heteroatoms. The minimum absolute atomic E-state index is 0.114. The van der Waals surface area contributed by atoms with E-state index in [2.05, 4.69) is 31.5 Å². The van der Waals surface area contributed by atoms with Gasteiger partial charge in [-0.05, 0) is 68.5 Å². The number of nitrogens with two attached hydrogens (primary N) is 1. The number of hydrogen-bond acceptors (Lipinski definition) is 5. The predicted molar refractivity (Wildman–Crippen MR) is 95.4 cm³/mol. The van der Waals surface area contributed by atoms with E-state index in [0.717, 1.165) is 36.0 Å². The predicted octanol–water partition coefficient (Wildman–Crippen LogP) is 3.67. The number of aromatic nitrogens is 1. The number of hydrogen-bond donors (Lipinski definition) is 3. The van der Waals surface area contributed by atoms with E-state index in [1.54, 1.807) is 6.20 Å². The third-order valence-electron chi connectivity index (χ3n) is 3.66. The molecule has 6 nitrogen and oxygen atoms in total. The molecule has 23 heavy (non-hydrogen) atoms. The summed E-state index contributed by atoms with van der Waals surface area (Å²) in [6, 6.07) is 2.25. The number of ether oxygens (including phenoxy) is 1. The van der Waals surface area contributed by atoms with Crippen molar-refractivity contribution < 1.29 is 9.53 Å². The first-order valence-corrected chi connectivity index (χ1v) is 8.69. The summed E-state index contributed by atoms with van der Waals surface area (Å²) >= 11 is 3.35. The van der Waals surface area contributed by atoms with Crippen LogP contribution in [0.5, 0.6) is 0 Å². The number of anilines is 2. The van der Waals surface area contributed by atoms with Gasteiger partial charge in [0, 0.05) is 12.1 Å². The molecule has 0 saturated heterocycles. The van der Waals surface area contributed by atoms with Crippen LogP contribution in [0.4, 0.5) is 16.2 Å². The van der Waals surface area contributed by atoms with Gasteiger partial charge in [-0.2, -0.15) is 0 Å². The van der Waals surface area contributed by atoms with E-state index in [4.69, 9.17) is 10.5 Å². The van der Waals surface area contributed by atoms with Gasteiger partial charge in [-0.25, -0.2) is 9.78 Å². The standard InChI is InChI=1S/C16H25BrN4O2/c1-16(2,3)23-15(22)21-11-6-4-5-10(7-11)20-13-8-14(17)19-9-12(13)18/h8-11H,4-7,18H2,1-3H3,(H,19,20)(H,21,22)/t10-,11+/m0/s1. The monoisotopic (exact) mass is 384 g/mol. The Hall–Kier alpha value is -1.50. The molecule has 0 radical (unpaired) electrons. The van der Waals surface area contributed by atoms with Crippen LogP contribution in [0.3, 0.4) is 0 Å². The Morgan fingerprint density at radius 3 is 2.78 bits per heavy atom. The maximum absolute atomic E-state index is 11.9. The Kier molecular flexibility index (Phi) is 5.73. The molecule has 0 unspecified atom stereocenters. The molecule has 1 fully saturated rings. The van der Waals surface area contributed by atoms with Crippen molar-refractivity contribution in [2.75, 3.05) is 11.1 Å². The van der Waals surface area contributed by atoms with Crippen molar-refractivity contribution in [3.05, 3.63) is 16.9 Å². The fourth-order valence-electron chi connectivity index (χ4n) is 2.71. The molecular weight excluding hydrogens is 360 g/mol. The molecule has 1 amide bonds. The zero-order valence-corrected chi connectivity index (χ0v) is 15.4. The van der Waals surface area contributed by atoms with Crippen LogP contribution in [0.25, 0.3) is 0 Å². The van der Waals surface area contributed by atoms with E-state index >= 15 is 0 Å². The van der Waals surface area contributed by atoms with Gasteiger partial charge in [0.2, 0.25) is 0 Å². The molecule has 1 saturated carbocycles. The lowest BCUT2D eigenvalue weighted by atomic mass is 9.91. The molecule has 1 aromatic rings. The average Bonchev–Trinajstić information content (AvgIpc) is 2.41. The molecule has 0 aromatic carbocycles. The smallest absolute Gasteiger partial charge is 0.407 e. The number of nitrogen functional groups attached to an aromatic ring is 1. The van der Waals surface area contributed by atoms with Crippen LogP contribution < -0.4 is 16.4 Å². The van der Waals surface area contributed by atoms with Crippen LogP contribution in [-0.4, -0.2) is 28.8 Å². The summed E-state index contributed by atoms with van der Waals surface area (Å²) in [5, 5.41) is 6.42. The van der Waals surface area contributed by atoms with Crippen LogP contribution in [0.1, 0.15) is 46.5 Å². The molecule has 4 N–H and O–H groups in total. The van der Waals surface area contributed by atoms with Gasteiger partial charge < -0.3 is 21.1 Å². The van der Waals surface area contributed by atoms with Gasteiger partial charge in [-0.3, -0.25) is 0 Å². The molecule has 1 aromatic heterocycles. The van der Waals surface area contributed by atoms with Crippen molar-refractivity contribution in [2.45, 2.75) is 64.1 Å². The molecular formula is C16H25BrN4O2. The third kappa shape index (κ3) is 5.89. The summed E-state index contributed by atoms with van der Waals surface area (Å²) in [6.07, 6.45) is 5.18. The maximum Gasteiger partial charge on any atom is 0.407 e. The number of carbonyl (C=O) groups is 1. The van der Waals surface area contributed by atoms with Crippen LogP contribution in [0.15, 0.2) is 16.9 Å². The Labute approximate surface area is 145 Å². The van der Waals surface area contributed by atoms with Gasteiger partial charge in [0.25, 0.3) is 0 Å². The number of nitrogens with one attached hydrogen (secondary N) is 2. The van der Waals surface area contributed by atoms with Gasteiger partial charge >= 0.3 is 6.09 Å². The van der Waals surface area contributed by atoms with Crippen LogP contribution in [0, 0.1) is 0 Å². The topological polar surface area (TPSA) is 89.3 Å². The normalized spacial score (nSPS) is 21.6. The number of nitrogens with zero attached hydrogens (tertiary/aromatic N) is 1. The van der Waals surface area contributed by atoms with Crippen molar-refractivity contribution >= 4 is 33.4 Å². The summed E-state index contributed by atoms with van der Waals surface area (Å²) in [5.74, 6) is 0. The van der Waals surface area contributed by atoms with Gasteiger partial charge in [-0.15, -0.1) is 0 Å². The second-order valence-electron chi connectivity index (χ2n) is 6.95. The molecule has 128 valence electrons. The quantitative estimate of drug-likeness (QED) is 0.691. The maximum atomic E-state index is 11.9. The summed E-state index contributed by atoms with van der Waals surface area (Å²) in [7, 11) is 0. The van der Waals surface area contributed by atoms with Gasteiger partial charge in [0.05, 0.1) is 17.6 Å². The molecule has 1 aliphatic rings. The molecule has 0 bridgehead atoms. The van der Waals surface area contributed by atoms with E-state index in [-0.39, 0.29) is 18.2 Å². The largest absolute Gasteiger partial charge is 0.444 e. The minimum atomic E-state index is -0.478. The summed E-state index contributed by atoms with van der Waals surface area (Å²) < 4.78 is 6.07. The van der Waals surface area contributed by atoms with Crippen LogP contribution >= 0.6 is 15.9 Å². The van der Waals surface area contributed by atoms with Crippen molar-refractivity contribution in [3.8, 4) is 0 Å². The van der Waals surface area contributed by atoms with E-state index in [9.17, 15) is 4.79 Å². The van der Waals surface area contributed by atoms with E-state index < -0.39 is 5.60 Å². The van der Waals surface area contributed by atoms with Gasteiger partial charge in [-0.1, -0.05) is 0 Å². The zero-order valence-electron chi connectivity index (χ0n) is 13.9. The highest BCUT2D eigenvalue weighted by atomic mass is 79.9. The molecule has 2 rings (SSSR count). The molecule has 2 atom stereocenters. The first-order chi connectivity index (χ1) is 10.7. The third-order valence-corrected chi connectivity index (χ3v) is 4.09. The first-order valence-electron chi connectivity index (χ1n) is 7.90. The number of rotatable bonds is 3. The first kappa shape index (κ1) is 17.8. The van der Waals surface area contributed by atoms with Crippen molar-refractivity contribution in [1.82, 2.24) is 10.3 Å². The molecule has 1 aliphatic carbocycles.